The minimum absolute atomic E-state index is 0.158. The van der Waals surface area contributed by atoms with Crippen molar-refractivity contribution in [2.75, 3.05) is 20.2 Å². The van der Waals surface area contributed by atoms with Gasteiger partial charge in [-0.2, -0.15) is 0 Å². The van der Waals surface area contributed by atoms with Gasteiger partial charge in [0.1, 0.15) is 0 Å². The SMILES string of the molecule is C=CCC1CN(C=O)CC1C(=O)OC. The van der Waals surface area contributed by atoms with Crippen LogP contribution in [-0.2, 0) is 14.3 Å². The van der Waals surface area contributed by atoms with Crippen molar-refractivity contribution in [2.24, 2.45) is 11.8 Å². The summed E-state index contributed by atoms with van der Waals surface area (Å²) in [6.07, 6.45) is 3.29. The molecule has 1 fully saturated rings. The van der Waals surface area contributed by atoms with Gasteiger partial charge in [0, 0.05) is 13.1 Å². The third-order valence-electron chi connectivity index (χ3n) is 2.59. The number of nitrogens with zero attached hydrogens (tertiary/aromatic N) is 1. The van der Waals surface area contributed by atoms with Crippen molar-refractivity contribution in [3.63, 3.8) is 0 Å². The molecular weight excluding hydrogens is 182 g/mol. The number of methoxy groups -OCH3 is 1. The van der Waals surface area contributed by atoms with E-state index in [1.807, 2.05) is 0 Å². The molecule has 78 valence electrons. The molecule has 4 nitrogen and oxygen atoms in total. The van der Waals surface area contributed by atoms with Crippen molar-refractivity contribution in [1.82, 2.24) is 4.90 Å². The Balaban J connectivity index is 2.65. The van der Waals surface area contributed by atoms with E-state index in [0.29, 0.717) is 13.1 Å². The Bertz CT molecular complexity index is 240. The van der Waals surface area contributed by atoms with Gasteiger partial charge in [-0.05, 0) is 12.3 Å². The molecule has 0 aliphatic carbocycles. The van der Waals surface area contributed by atoms with Gasteiger partial charge in [0.05, 0.1) is 13.0 Å². The number of hydrogen-bond donors (Lipinski definition) is 0. The number of hydrogen-bond acceptors (Lipinski definition) is 3. The fraction of sp³-hybridized carbons (Fsp3) is 0.600. The standard InChI is InChI=1S/C10H15NO3/c1-3-4-8-5-11(7-12)6-9(8)10(13)14-2/h3,7-9H,1,4-6H2,2H3. The second kappa shape index (κ2) is 4.79. The summed E-state index contributed by atoms with van der Waals surface area (Å²) in [5.41, 5.74) is 0. The van der Waals surface area contributed by atoms with Crippen LogP contribution in [-0.4, -0.2) is 37.5 Å². The van der Waals surface area contributed by atoms with E-state index >= 15 is 0 Å². The van der Waals surface area contributed by atoms with Gasteiger partial charge in [-0.25, -0.2) is 0 Å². The van der Waals surface area contributed by atoms with Crippen molar-refractivity contribution in [3.05, 3.63) is 12.7 Å². The van der Waals surface area contributed by atoms with Gasteiger partial charge in [-0.1, -0.05) is 6.08 Å². The van der Waals surface area contributed by atoms with E-state index in [2.05, 4.69) is 11.3 Å². The quantitative estimate of drug-likeness (QED) is 0.373. The van der Waals surface area contributed by atoms with E-state index in [1.165, 1.54) is 7.11 Å². The van der Waals surface area contributed by atoms with Gasteiger partial charge in [0.25, 0.3) is 0 Å². The number of rotatable bonds is 4. The zero-order chi connectivity index (χ0) is 10.6. The van der Waals surface area contributed by atoms with Crippen molar-refractivity contribution < 1.29 is 14.3 Å². The number of amides is 1. The molecule has 1 aliphatic heterocycles. The topological polar surface area (TPSA) is 46.6 Å². The first kappa shape index (κ1) is 10.8. The van der Waals surface area contributed by atoms with Crippen molar-refractivity contribution in [1.29, 1.82) is 0 Å². The summed E-state index contributed by atoms with van der Waals surface area (Å²) in [4.78, 5) is 23.5. The van der Waals surface area contributed by atoms with Crippen LogP contribution in [0.1, 0.15) is 6.42 Å². The molecule has 2 atom stereocenters. The predicted molar refractivity (Wildman–Crippen MR) is 51.4 cm³/mol. The second-order valence-electron chi connectivity index (χ2n) is 3.47. The molecule has 0 radical (unpaired) electrons. The molecule has 1 rings (SSSR count). The van der Waals surface area contributed by atoms with Crippen molar-refractivity contribution >= 4 is 12.4 Å². The van der Waals surface area contributed by atoms with Gasteiger partial charge >= 0.3 is 5.97 Å². The average Bonchev–Trinajstić information content (AvgIpc) is 2.61. The summed E-state index contributed by atoms with van der Waals surface area (Å²) in [6.45, 7) is 4.72. The van der Waals surface area contributed by atoms with Crippen molar-refractivity contribution in [2.45, 2.75) is 6.42 Å². The Morgan fingerprint density at radius 2 is 2.36 bits per heavy atom. The maximum atomic E-state index is 11.4. The lowest BCUT2D eigenvalue weighted by Gasteiger charge is -2.12. The van der Waals surface area contributed by atoms with Crippen LogP contribution in [0.2, 0.25) is 0 Å². The molecule has 0 aromatic rings. The monoisotopic (exact) mass is 197 g/mol. The highest BCUT2D eigenvalue weighted by molar-refractivity contribution is 5.74. The highest BCUT2D eigenvalue weighted by Gasteiger charge is 2.36. The molecule has 0 aromatic carbocycles. The molecule has 14 heavy (non-hydrogen) atoms. The molecule has 0 saturated carbocycles. The summed E-state index contributed by atoms with van der Waals surface area (Å²) in [5, 5.41) is 0. The van der Waals surface area contributed by atoms with E-state index in [-0.39, 0.29) is 17.8 Å². The highest BCUT2D eigenvalue weighted by Crippen LogP contribution is 2.26. The Labute approximate surface area is 83.5 Å². The first-order valence-corrected chi connectivity index (χ1v) is 4.61. The molecule has 0 bridgehead atoms. The van der Waals surface area contributed by atoms with Crippen LogP contribution in [0.5, 0.6) is 0 Å². The number of ether oxygens (including phenoxy) is 1. The van der Waals surface area contributed by atoms with E-state index in [9.17, 15) is 9.59 Å². The second-order valence-corrected chi connectivity index (χ2v) is 3.47. The Kier molecular flexibility index (Phi) is 3.68. The Hall–Kier alpha value is -1.32. The lowest BCUT2D eigenvalue weighted by molar-refractivity contribution is -0.146. The third-order valence-corrected chi connectivity index (χ3v) is 2.59. The first-order chi connectivity index (χ1) is 6.72. The fourth-order valence-electron chi connectivity index (χ4n) is 1.86. The summed E-state index contributed by atoms with van der Waals surface area (Å²) in [6, 6.07) is 0. The molecule has 4 heteroatoms. The first-order valence-electron chi connectivity index (χ1n) is 4.61. The van der Waals surface area contributed by atoms with Gasteiger partial charge < -0.3 is 9.64 Å². The summed E-state index contributed by atoms with van der Waals surface area (Å²) < 4.78 is 4.69. The zero-order valence-corrected chi connectivity index (χ0v) is 8.31. The highest BCUT2D eigenvalue weighted by atomic mass is 16.5. The minimum atomic E-state index is -0.235. The van der Waals surface area contributed by atoms with Crippen LogP contribution in [0.25, 0.3) is 0 Å². The third kappa shape index (κ3) is 2.13. The predicted octanol–water partition coefficient (Wildman–Crippen LogP) is 0.440. The Morgan fingerprint density at radius 3 is 2.86 bits per heavy atom. The summed E-state index contributed by atoms with van der Waals surface area (Å²) in [7, 11) is 1.37. The van der Waals surface area contributed by atoms with Crippen LogP contribution in [0.15, 0.2) is 12.7 Å². The van der Waals surface area contributed by atoms with Crippen LogP contribution in [0, 0.1) is 11.8 Å². The molecular formula is C10H15NO3. The molecule has 2 unspecified atom stereocenters. The summed E-state index contributed by atoms with van der Waals surface area (Å²) in [5.74, 6) is -0.269. The Morgan fingerprint density at radius 1 is 1.64 bits per heavy atom. The van der Waals surface area contributed by atoms with Crippen LogP contribution in [0.4, 0.5) is 0 Å². The molecule has 0 spiro atoms. The molecule has 0 N–H and O–H groups in total. The van der Waals surface area contributed by atoms with Crippen molar-refractivity contribution in [3.8, 4) is 0 Å². The lowest BCUT2D eigenvalue weighted by atomic mass is 9.93. The molecule has 1 amide bonds. The van der Waals surface area contributed by atoms with Gasteiger partial charge in [-0.3, -0.25) is 9.59 Å². The van der Waals surface area contributed by atoms with E-state index < -0.39 is 0 Å². The lowest BCUT2D eigenvalue weighted by Crippen LogP contribution is -2.24. The number of carbonyl (C=O) groups excluding carboxylic acids is 2. The molecule has 1 aliphatic rings. The normalized spacial score (nSPS) is 25.9. The van der Waals surface area contributed by atoms with E-state index in [1.54, 1.807) is 11.0 Å². The summed E-state index contributed by atoms with van der Waals surface area (Å²) >= 11 is 0. The number of likely N-dealkylation sites (tertiary alicyclic amines) is 1. The minimum Gasteiger partial charge on any atom is -0.469 e. The maximum absolute atomic E-state index is 11.4. The fourth-order valence-corrected chi connectivity index (χ4v) is 1.86. The smallest absolute Gasteiger partial charge is 0.310 e. The van der Waals surface area contributed by atoms with Gasteiger partial charge in [0.15, 0.2) is 0 Å². The van der Waals surface area contributed by atoms with Crippen LogP contribution < -0.4 is 0 Å². The number of esters is 1. The number of carbonyl (C=O) groups is 2. The van der Waals surface area contributed by atoms with E-state index in [0.717, 1.165) is 12.8 Å². The van der Waals surface area contributed by atoms with Gasteiger partial charge in [0.2, 0.25) is 6.41 Å². The zero-order valence-electron chi connectivity index (χ0n) is 8.31. The largest absolute Gasteiger partial charge is 0.469 e. The van der Waals surface area contributed by atoms with Crippen LogP contribution in [0.3, 0.4) is 0 Å². The van der Waals surface area contributed by atoms with Crippen LogP contribution >= 0.6 is 0 Å². The molecule has 0 aromatic heterocycles. The maximum Gasteiger partial charge on any atom is 0.310 e. The van der Waals surface area contributed by atoms with Gasteiger partial charge in [-0.15, -0.1) is 6.58 Å². The number of allylic oxidation sites excluding steroid dienone is 1. The molecule has 1 heterocycles. The van der Waals surface area contributed by atoms with E-state index in [4.69, 9.17) is 0 Å². The molecule has 1 saturated heterocycles. The average molecular weight is 197 g/mol.